The van der Waals surface area contributed by atoms with E-state index in [0.29, 0.717) is 18.7 Å². The molecule has 94 valence electrons. The Bertz CT molecular complexity index is 396. The van der Waals surface area contributed by atoms with Gasteiger partial charge in [-0.15, -0.1) is 0 Å². The van der Waals surface area contributed by atoms with E-state index in [0.717, 1.165) is 0 Å². The predicted octanol–water partition coefficient (Wildman–Crippen LogP) is 1.61. The summed E-state index contributed by atoms with van der Waals surface area (Å²) in [5, 5.41) is 22.6. The highest BCUT2D eigenvalue weighted by Gasteiger charge is 2.17. The molecule has 0 spiro atoms. The first-order chi connectivity index (χ1) is 8.06. The minimum atomic E-state index is -0.492. The maximum absolute atomic E-state index is 10.9. The van der Waals surface area contributed by atoms with Gasteiger partial charge in [0.05, 0.1) is 4.92 Å². The van der Waals surface area contributed by atoms with Crippen LogP contribution in [-0.2, 0) is 0 Å². The molecule has 0 bridgehead atoms. The van der Waals surface area contributed by atoms with Crippen molar-refractivity contribution in [1.82, 2.24) is 0 Å². The van der Waals surface area contributed by atoms with E-state index in [1.54, 1.807) is 12.1 Å². The highest BCUT2D eigenvalue weighted by atomic mass is 16.6. The smallest absolute Gasteiger partial charge is 0.314 e. The number of nitrogens with zero attached hydrogens (tertiary/aromatic N) is 1. The van der Waals surface area contributed by atoms with Crippen molar-refractivity contribution in [3.05, 3.63) is 28.3 Å². The van der Waals surface area contributed by atoms with Crippen molar-refractivity contribution in [3.63, 3.8) is 0 Å². The first kappa shape index (κ1) is 13.2. The molecule has 0 aliphatic heterocycles. The lowest BCUT2D eigenvalue weighted by molar-refractivity contribution is -0.383. The second-order valence-electron chi connectivity index (χ2n) is 4.00. The Morgan fingerprint density at radius 1 is 1.59 bits per heavy atom. The number of hydrogen-bond donors (Lipinski definition) is 3. The van der Waals surface area contributed by atoms with Crippen LogP contribution in [0, 0.1) is 16.0 Å². The van der Waals surface area contributed by atoms with Gasteiger partial charge in [0.15, 0.2) is 0 Å². The highest BCUT2D eigenvalue weighted by Crippen LogP contribution is 2.30. The zero-order chi connectivity index (χ0) is 12.8. The summed E-state index contributed by atoms with van der Waals surface area (Å²) in [5.74, 6) is 0.237. The number of anilines is 2. The summed E-state index contributed by atoms with van der Waals surface area (Å²) in [6, 6.07) is 4.79. The zero-order valence-electron chi connectivity index (χ0n) is 9.72. The Labute approximate surface area is 99.6 Å². The lowest BCUT2D eigenvalue weighted by Crippen LogP contribution is -2.13. The van der Waals surface area contributed by atoms with Gasteiger partial charge in [-0.2, -0.15) is 0 Å². The summed E-state index contributed by atoms with van der Waals surface area (Å²) < 4.78 is 0. The van der Waals surface area contributed by atoms with Crippen LogP contribution < -0.4 is 11.1 Å². The number of aliphatic hydroxyl groups is 1. The third-order valence-electron chi connectivity index (χ3n) is 2.51. The average molecular weight is 239 g/mol. The molecule has 0 aliphatic rings. The SMILES string of the molecule is CC(CCO)CNc1cccc(N)c1[N+](=O)[O-]. The Kier molecular flexibility index (Phi) is 4.71. The van der Waals surface area contributed by atoms with Crippen molar-refractivity contribution in [3.8, 4) is 0 Å². The fraction of sp³-hybridized carbons (Fsp3) is 0.455. The Morgan fingerprint density at radius 3 is 2.88 bits per heavy atom. The quantitative estimate of drug-likeness (QED) is 0.397. The normalized spacial score (nSPS) is 12.1. The number of nitro groups is 1. The minimum absolute atomic E-state index is 0.0938. The average Bonchev–Trinajstić information content (AvgIpc) is 2.26. The Morgan fingerprint density at radius 2 is 2.29 bits per heavy atom. The molecule has 0 saturated carbocycles. The molecule has 1 rings (SSSR count). The lowest BCUT2D eigenvalue weighted by atomic mass is 10.1. The molecule has 6 nitrogen and oxygen atoms in total. The van der Waals surface area contributed by atoms with E-state index < -0.39 is 4.92 Å². The first-order valence-electron chi connectivity index (χ1n) is 5.44. The number of aliphatic hydroxyl groups excluding tert-OH is 1. The number of hydrogen-bond acceptors (Lipinski definition) is 5. The number of para-hydroxylation sites is 1. The molecule has 0 aromatic heterocycles. The van der Waals surface area contributed by atoms with Crippen LogP contribution in [0.4, 0.5) is 17.1 Å². The summed E-state index contributed by atoms with van der Waals surface area (Å²) in [4.78, 5) is 10.4. The number of nitro benzene ring substituents is 1. The Balaban J connectivity index is 2.77. The van der Waals surface area contributed by atoms with Crippen molar-refractivity contribution in [2.24, 2.45) is 5.92 Å². The van der Waals surface area contributed by atoms with Gasteiger partial charge in [-0.05, 0) is 24.5 Å². The fourth-order valence-corrected chi connectivity index (χ4v) is 1.51. The van der Waals surface area contributed by atoms with E-state index in [1.165, 1.54) is 6.07 Å². The number of nitrogens with two attached hydrogens (primary N) is 1. The van der Waals surface area contributed by atoms with Gasteiger partial charge in [0.1, 0.15) is 11.4 Å². The van der Waals surface area contributed by atoms with E-state index in [4.69, 9.17) is 10.8 Å². The third-order valence-corrected chi connectivity index (χ3v) is 2.51. The molecule has 6 heteroatoms. The van der Waals surface area contributed by atoms with Gasteiger partial charge in [0.2, 0.25) is 0 Å². The van der Waals surface area contributed by atoms with Crippen molar-refractivity contribution >= 4 is 17.1 Å². The van der Waals surface area contributed by atoms with Crippen LogP contribution in [0.3, 0.4) is 0 Å². The molecule has 1 atom stereocenters. The molecular weight excluding hydrogens is 222 g/mol. The number of nitrogen functional groups attached to an aromatic ring is 1. The van der Waals surface area contributed by atoms with E-state index in [9.17, 15) is 10.1 Å². The van der Waals surface area contributed by atoms with Crippen LogP contribution in [0.25, 0.3) is 0 Å². The molecular formula is C11H17N3O3. The van der Waals surface area contributed by atoms with Gasteiger partial charge in [-0.25, -0.2) is 0 Å². The molecule has 1 aromatic rings. The van der Waals surface area contributed by atoms with E-state index >= 15 is 0 Å². The standard InChI is InChI=1S/C11H17N3O3/c1-8(5-6-15)7-13-10-4-2-3-9(12)11(10)14(16)17/h2-4,8,13,15H,5-7,12H2,1H3. The second kappa shape index (κ2) is 6.05. The minimum Gasteiger partial charge on any atom is -0.396 e. The topological polar surface area (TPSA) is 101 Å². The van der Waals surface area contributed by atoms with Gasteiger partial charge >= 0.3 is 5.69 Å². The first-order valence-corrected chi connectivity index (χ1v) is 5.44. The molecule has 17 heavy (non-hydrogen) atoms. The predicted molar refractivity (Wildman–Crippen MR) is 66.9 cm³/mol. The molecule has 0 saturated heterocycles. The van der Waals surface area contributed by atoms with Gasteiger partial charge in [-0.1, -0.05) is 13.0 Å². The molecule has 1 aromatic carbocycles. The molecule has 0 fully saturated rings. The molecule has 0 heterocycles. The third kappa shape index (κ3) is 3.60. The molecule has 0 aliphatic carbocycles. The van der Waals surface area contributed by atoms with Gasteiger partial charge in [-0.3, -0.25) is 10.1 Å². The van der Waals surface area contributed by atoms with Crippen molar-refractivity contribution in [1.29, 1.82) is 0 Å². The van der Waals surface area contributed by atoms with Crippen LogP contribution in [0.1, 0.15) is 13.3 Å². The van der Waals surface area contributed by atoms with Gasteiger partial charge < -0.3 is 16.2 Å². The number of nitrogens with one attached hydrogen (secondary N) is 1. The lowest BCUT2D eigenvalue weighted by Gasteiger charge is -2.12. The summed E-state index contributed by atoms with van der Waals surface area (Å²) in [5.41, 5.74) is 6.04. The summed E-state index contributed by atoms with van der Waals surface area (Å²) in [6.45, 7) is 2.63. The van der Waals surface area contributed by atoms with Crippen LogP contribution in [-0.4, -0.2) is 23.2 Å². The summed E-state index contributed by atoms with van der Waals surface area (Å²) in [6.07, 6.45) is 0.656. The van der Waals surface area contributed by atoms with Crippen LogP contribution in [0.5, 0.6) is 0 Å². The van der Waals surface area contributed by atoms with Crippen molar-refractivity contribution in [2.75, 3.05) is 24.2 Å². The van der Waals surface area contributed by atoms with Crippen LogP contribution in [0.15, 0.2) is 18.2 Å². The molecule has 4 N–H and O–H groups in total. The van der Waals surface area contributed by atoms with E-state index in [2.05, 4.69) is 5.32 Å². The van der Waals surface area contributed by atoms with Gasteiger partial charge in [0, 0.05) is 13.2 Å². The van der Waals surface area contributed by atoms with E-state index in [1.807, 2.05) is 6.92 Å². The fourth-order valence-electron chi connectivity index (χ4n) is 1.51. The zero-order valence-corrected chi connectivity index (χ0v) is 9.72. The van der Waals surface area contributed by atoms with E-state index in [-0.39, 0.29) is 23.9 Å². The number of benzene rings is 1. The van der Waals surface area contributed by atoms with Crippen LogP contribution in [0.2, 0.25) is 0 Å². The maximum Gasteiger partial charge on any atom is 0.314 e. The molecule has 0 radical (unpaired) electrons. The van der Waals surface area contributed by atoms with Crippen molar-refractivity contribution < 1.29 is 10.0 Å². The van der Waals surface area contributed by atoms with Crippen molar-refractivity contribution in [2.45, 2.75) is 13.3 Å². The second-order valence-corrected chi connectivity index (χ2v) is 4.00. The highest BCUT2D eigenvalue weighted by molar-refractivity contribution is 5.74. The molecule has 1 unspecified atom stereocenters. The van der Waals surface area contributed by atoms with Gasteiger partial charge in [0.25, 0.3) is 0 Å². The summed E-state index contributed by atoms with van der Waals surface area (Å²) >= 11 is 0. The molecule has 0 amide bonds. The Hall–Kier alpha value is -1.82. The van der Waals surface area contributed by atoms with Crippen LogP contribution >= 0.6 is 0 Å². The largest absolute Gasteiger partial charge is 0.396 e. The maximum atomic E-state index is 10.9. The number of rotatable bonds is 6. The summed E-state index contributed by atoms with van der Waals surface area (Å²) in [7, 11) is 0. The monoisotopic (exact) mass is 239 g/mol.